The van der Waals surface area contributed by atoms with E-state index in [0.717, 1.165) is 30.6 Å². The molecule has 1 aromatic carbocycles. The highest BCUT2D eigenvalue weighted by Crippen LogP contribution is 2.48. The van der Waals surface area contributed by atoms with Crippen molar-refractivity contribution in [3.63, 3.8) is 0 Å². The van der Waals surface area contributed by atoms with Crippen LogP contribution in [0.3, 0.4) is 0 Å². The molecule has 9 heteroatoms. The summed E-state index contributed by atoms with van der Waals surface area (Å²) in [5, 5.41) is 20.2. The SMILES string of the molecule is COc1c(N2CC[C@H]([C@@H](C)N(C)C)C2)c(F)cc2c(=O)c3c(O)c(C#N)sc3n(C3CC3)c12. The largest absolute Gasteiger partial charge is 0.505 e. The van der Waals surface area contributed by atoms with E-state index in [0.29, 0.717) is 46.8 Å². The summed E-state index contributed by atoms with van der Waals surface area (Å²) in [5.74, 6) is -0.0883. The fourth-order valence-corrected chi connectivity index (χ4v) is 6.16. The Balaban J connectivity index is 1.78. The third-order valence-corrected chi connectivity index (χ3v) is 8.32. The molecule has 7 nitrogen and oxygen atoms in total. The molecular formula is C24H27FN4O3S. The van der Waals surface area contributed by atoms with E-state index < -0.39 is 11.2 Å². The molecular weight excluding hydrogens is 443 g/mol. The summed E-state index contributed by atoms with van der Waals surface area (Å²) in [6, 6.07) is 3.72. The van der Waals surface area contributed by atoms with Gasteiger partial charge in [0.05, 0.1) is 18.0 Å². The van der Waals surface area contributed by atoms with Crippen LogP contribution in [0.25, 0.3) is 21.1 Å². The maximum Gasteiger partial charge on any atom is 0.202 e. The van der Waals surface area contributed by atoms with Gasteiger partial charge in [-0.3, -0.25) is 4.79 Å². The zero-order valence-corrected chi connectivity index (χ0v) is 20.0. The third kappa shape index (κ3) is 3.27. The molecule has 1 N–H and O–H groups in total. The van der Waals surface area contributed by atoms with Crippen LogP contribution in [-0.4, -0.2) is 54.9 Å². The van der Waals surface area contributed by atoms with Crippen molar-refractivity contribution in [3.8, 4) is 17.6 Å². The Morgan fingerprint density at radius 2 is 2.09 bits per heavy atom. The van der Waals surface area contributed by atoms with Gasteiger partial charge < -0.3 is 24.2 Å². The van der Waals surface area contributed by atoms with Crippen LogP contribution in [0.15, 0.2) is 10.9 Å². The van der Waals surface area contributed by atoms with Crippen LogP contribution in [0.5, 0.6) is 11.5 Å². The Labute approximate surface area is 195 Å². The second-order valence-electron chi connectivity index (χ2n) is 9.34. The molecule has 1 saturated heterocycles. The van der Waals surface area contributed by atoms with Crippen molar-refractivity contribution >= 4 is 38.1 Å². The molecule has 2 atom stereocenters. The molecule has 1 aliphatic carbocycles. The van der Waals surface area contributed by atoms with Crippen LogP contribution in [-0.2, 0) is 0 Å². The van der Waals surface area contributed by atoms with E-state index in [4.69, 9.17) is 4.74 Å². The van der Waals surface area contributed by atoms with E-state index in [1.165, 1.54) is 13.2 Å². The number of hydrogen-bond acceptors (Lipinski definition) is 7. The summed E-state index contributed by atoms with van der Waals surface area (Å²) in [6.45, 7) is 3.59. The first-order chi connectivity index (χ1) is 15.8. The minimum absolute atomic E-state index is 0.0891. The van der Waals surface area contributed by atoms with Crippen LogP contribution in [0, 0.1) is 23.1 Å². The van der Waals surface area contributed by atoms with Gasteiger partial charge in [-0.15, -0.1) is 11.3 Å². The van der Waals surface area contributed by atoms with Crippen molar-refractivity contribution in [1.29, 1.82) is 5.26 Å². The third-order valence-electron chi connectivity index (χ3n) is 7.23. The molecule has 174 valence electrons. The first-order valence-electron chi connectivity index (χ1n) is 11.2. The van der Waals surface area contributed by atoms with Crippen LogP contribution in [0.1, 0.15) is 37.1 Å². The minimum Gasteiger partial charge on any atom is -0.505 e. The summed E-state index contributed by atoms with van der Waals surface area (Å²) in [7, 11) is 5.61. The van der Waals surface area contributed by atoms with Crippen LogP contribution >= 0.6 is 11.3 Å². The number of anilines is 1. The van der Waals surface area contributed by atoms with Gasteiger partial charge in [-0.05, 0) is 52.3 Å². The van der Waals surface area contributed by atoms with Crippen LogP contribution in [0.4, 0.5) is 10.1 Å². The number of aromatic nitrogens is 1. The summed E-state index contributed by atoms with van der Waals surface area (Å²) in [6.07, 6.45) is 2.77. The van der Waals surface area contributed by atoms with Gasteiger partial charge in [0.15, 0.2) is 17.3 Å². The van der Waals surface area contributed by atoms with Gasteiger partial charge in [-0.2, -0.15) is 5.26 Å². The minimum atomic E-state index is -0.508. The molecule has 0 unspecified atom stereocenters. The standard InChI is InChI=1S/C24H27FN4O3S/c1-12(27(2)3)13-7-8-28(11-13)20-16(25)9-15-19(23(20)32-4)29(14-5-6-14)24-18(21(15)30)22(31)17(10-26)33-24/h9,12-14,31H,5-8,11H2,1-4H3/t12-,13+/m1/s1. The van der Waals surface area contributed by atoms with Crippen molar-refractivity contribution in [3.05, 3.63) is 27.0 Å². The fraction of sp³-hybridized carbons (Fsp3) is 0.500. The number of benzene rings is 1. The summed E-state index contributed by atoms with van der Waals surface area (Å²) in [4.78, 5) is 18.2. The molecule has 2 fully saturated rings. The summed E-state index contributed by atoms with van der Waals surface area (Å²) in [5.41, 5.74) is 0.452. The van der Waals surface area contributed by atoms with Crippen LogP contribution < -0.4 is 15.1 Å². The first-order valence-corrected chi connectivity index (χ1v) is 12.0. The average Bonchev–Trinajstić information content (AvgIpc) is 3.41. The number of rotatable bonds is 5. The number of ether oxygens (including phenoxy) is 1. The molecule has 2 aromatic heterocycles. The molecule has 33 heavy (non-hydrogen) atoms. The average molecular weight is 471 g/mol. The number of pyridine rings is 1. The number of halogens is 1. The van der Waals surface area contributed by atoms with Crippen molar-refractivity contribution in [2.75, 3.05) is 39.2 Å². The van der Waals surface area contributed by atoms with E-state index in [-0.39, 0.29) is 27.4 Å². The molecule has 0 amide bonds. The van der Waals surface area contributed by atoms with Gasteiger partial charge in [0.2, 0.25) is 5.43 Å². The van der Waals surface area contributed by atoms with E-state index in [1.807, 2.05) is 15.5 Å². The maximum absolute atomic E-state index is 15.6. The second kappa shape index (κ2) is 7.89. The van der Waals surface area contributed by atoms with Crippen molar-refractivity contribution in [2.24, 2.45) is 5.92 Å². The lowest BCUT2D eigenvalue weighted by Gasteiger charge is -2.28. The lowest BCUT2D eigenvalue weighted by atomic mass is 10.00. The Hall–Kier alpha value is -2.83. The Bertz CT molecular complexity index is 1370. The maximum atomic E-state index is 15.6. The highest BCUT2D eigenvalue weighted by Gasteiger charge is 2.36. The van der Waals surface area contributed by atoms with Crippen LogP contribution in [0.2, 0.25) is 0 Å². The van der Waals surface area contributed by atoms with Gasteiger partial charge in [0.1, 0.15) is 26.9 Å². The normalized spacial score (nSPS) is 19.5. The molecule has 3 aromatic rings. The number of hydrogen-bond donors (Lipinski definition) is 1. The van der Waals surface area contributed by atoms with E-state index in [1.54, 1.807) is 0 Å². The predicted molar refractivity (Wildman–Crippen MR) is 128 cm³/mol. The smallest absolute Gasteiger partial charge is 0.202 e. The fourth-order valence-electron chi connectivity index (χ4n) is 5.09. The molecule has 5 rings (SSSR count). The number of thiophene rings is 1. The van der Waals surface area contributed by atoms with E-state index in [9.17, 15) is 15.2 Å². The number of nitrogens with zero attached hydrogens (tertiary/aromatic N) is 4. The Kier molecular flexibility index (Phi) is 5.26. The van der Waals surface area contributed by atoms with Crippen molar-refractivity contribution in [2.45, 2.75) is 38.3 Å². The quantitative estimate of drug-likeness (QED) is 0.606. The summed E-state index contributed by atoms with van der Waals surface area (Å²) < 4.78 is 23.4. The molecule has 1 aliphatic heterocycles. The number of aromatic hydroxyl groups is 1. The van der Waals surface area contributed by atoms with Gasteiger partial charge in [-0.1, -0.05) is 0 Å². The van der Waals surface area contributed by atoms with Crippen molar-refractivity contribution < 1.29 is 14.2 Å². The zero-order valence-electron chi connectivity index (χ0n) is 19.2. The highest BCUT2D eigenvalue weighted by molar-refractivity contribution is 7.19. The number of methoxy groups -OCH3 is 1. The molecule has 1 saturated carbocycles. The topological polar surface area (TPSA) is 81.7 Å². The van der Waals surface area contributed by atoms with Gasteiger partial charge in [0, 0.05) is 25.2 Å². The predicted octanol–water partition coefficient (Wildman–Crippen LogP) is 4.05. The van der Waals surface area contributed by atoms with E-state index in [2.05, 4.69) is 25.9 Å². The molecule has 0 bridgehead atoms. The van der Waals surface area contributed by atoms with Gasteiger partial charge in [0.25, 0.3) is 0 Å². The highest BCUT2D eigenvalue weighted by atomic mass is 32.1. The first kappa shape index (κ1) is 22.0. The lowest BCUT2D eigenvalue weighted by Crippen LogP contribution is -2.34. The van der Waals surface area contributed by atoms with Crippen molar-refractivity contribution in [1.82, 2.24) is 9.47 Å². The second-order valence-corrected chi connectivity index (χ2v) is 10.3. The Morgan fingerprint density at radius 1 is 1.36 bits per heavy atom. The zero-order chi connectivity index (χ0) is 23.6. The van der Waals surface area contributed by atoms with Gasteiger partial charge in [-0.25, -0.2) is 4.39 Å². The van der Waals surface area contributed by atoms with E-state index >= 15 is 4.39 Å². The monoisotopic (exact) mass is 470 g/mol. The molecule has 2 aliphatic rings. The number of nitriles is 1. The number of fused-ring (bicyclic) bond motifs is 2. The van der Waals surface area contributed by atoms with Gasteiger partial charge >= 0.3 is 0 Å². The molecule has 0 radical (unpaired) electrons. The summed E-state index contributed by atoms with van der Waals surface area (Å²) >= 11 is 1.10. The molecule has 3 heterocycles. The Morgan fingerprint density at radius 3 is 2.70 bits per heavy atom. The molecule has 0 spiro atoms. The lowest BCUT2D eigenvalue weighted by molar-refractivity contribution is 0.240.